The number of hydrogen-bond acceptors (Lipinski definition) is 6. The number of furan rings is 1. The zero-order chi connectivity index (χ0) is 21.8. The van der Waals surface area contributed by atoms with Crippen LogP contribution in [-0.4, -0.2) is 21.9 Å². The van der Waals surface area contributed by atoms with Crippen LogP contribution in [0.15, 0.2) is 56.3 Å². The Bertz CT molecular complexity index is 1130. The molecule has 0 spiro atoms. The minimum absolute atomic E-state index is 0.117. The predicted octanol–water partition coefficient (Wildman–Crippen LogP) is 5.96. The zero-order valence-corrected chi connectivity index (χ0v) is 18.5. The highest BCUT2D eigenvalue weighted by Gasteiger charge is 2.16. The van der Waals surface area contributed by atoms with Gasteiger partial charge in [0.2, 0.25) is 4.80 Å². The molecule has 2 aromatic heterocycles. The number of aromatic nitrogens is 1. The molecule has 0 radical (unpaired) electrons. The first-order chi connectivity index (χ1) is 15.0. The highest BCUT2D eigenvalue weighted by Crippen LogP contribution is 2.33. The third-order valence-electron chi connectivity index (χ3n) is 5.43. The van der Waals surface area contributed by atoms with Gasteiger partial charge >= 0.3 is 5.88 Å². The van der Waals surface area contributed by atoms with Gasteiger partial charge in [0, 0.05) is 17.0 Å². The largest absolute Gasteiger partial charge is 0.433 e. The highest BCUT2D eigenvalue weighted by molar-refractivity contribution is 7.07. The van der Waals surface area contributed by atoms with Crippen LogP contribution in [0.3, 0.4) is 0 Å². The molecule has 1 aromatic carbocycles. The van der Waals surface area contributed by atoms with Crippen LogP contribution in [-0.2, 0) is 0 Å². The second-order valence-electron chi connectivity index (χ2n) is 8.07. The van der Waals surface area contributed by atoms with E-state index >= 15 is 0 Å². The summed E-state index contributed by atoms with van der Waals surface area (Å²) in [5.41, 5.74) is 3.39. The zero-order valence-electron chi connectivity index (χ0n) is 17.7. The van der Waals surface area contributed by atoms with Crippen LogP contribution in [0, 0.1) is 10.1 Å². The molecule has 31 heavy (non-hydrogen) atoms. The maximum absolute atomic E-state index is 10.9. The van der Waals surface area contributed by atoms with E-state index in [0.717, 1.165) is 16.1 Å². The van der Waals surface area contributed by atoms with Crippen molar-refractivity contribution < 1.29 is 9.34 Å². The molecular weight excluding hydrogens is 412 g/mol. The van der Waals surface area contributed by atoms with Crippen LogP contribution in [0.5, 0.6) is 0 Å². The quantitative estimate of drug-likeness (QED) is 0.270. The Labute approximate surface area is 184 Å². The topological polar surface area (TPSA) is 85.9 Å². The van der Waals surface area contributed by atoms with E-state index in [0.29, 0.717) is 11.7 Å². The van der Waals surface area contributed by atoms with Crippen LogP contribution < -0.4 is 4.80 Å². The predicted molar refractivity (Wildman–Crippen MR) is 123 cm³/mol. The van der Waals surface area contributed by atoms with Gasteiger partial charge in [0.15, 0.2) is 5.76 Å². The average Bonchev–Trinajstić information content (AvgIpc) is 3.40. The number of nitrogens with zero attached hydrogens (tertiary/aromatic N) is 4. The summed E-state index contributed by atoms with van der Waals surface area (Å²) in [7, 11) is 0. The fourth-order valence-electron chi connectivity index (χ4n) is 3.91. The molecule has 2 heterocycles. The van der Waals surface area contributed by atoms with E-state index < -0.39 is 4.92 Å². The number of hydrogen-bond donors (Lipinski definition) is 0. The minimum atomic E-state index is -0.562. The van der Waals surface area contributed by atoms with Crippen molar-refractivity contribution in [2.45, 2.75) is 57.9 Å². The van der Waals surface area contributed by atoms with Crippen molar-refractivity contribution >= 4 is 23.4 Å². The first kappa shape index (κ1) is 21.2. The summed E-state index contributed by atoms with van der Waals surface area (Å²) >= 11 is 1.52. The summed E-state index contributed by atoms with van der Waals surface area (Å²) in [6, 6.07) is 11.7. The van der Waals surface area contributed by atoms with Gasteiger partial charge in [0.25, 0.3) is 0 Å². The normalized spacial score (nSPS) is 15.9. The fraction of sp³-hybridized carbons (Fsp3) is 0.391. The molecule has 1 aliphatic carbocycles. The van der Waals surface area contributed by atoms with E-state index in [4.69, 9.17) is 4.42 Å². The van der Waals surface area contributed by atoms with Crippen molar-refractivity contribution in [1.29, 1.82) is 0 Å². The van der Waals surface area contributed by atoms with Gasteiger partial charge in [-0.2, -0.15) is 5.10 Å². The van der Waals surface area contributed by atoms with Crippen LogP contribution in [0.1, 0.15) is 63.2 Å². The third kappa shape index (κ3) is 5.02. The second kappa shape index (κ2) is 9.43. The van der Waals surface area contributed by atoms with Gasteiger partial charge in [-0.1, -0.05) is 43.5 Å². The smallest absolute Gasteiger partial charge is 0.400 e. The maximum atomic E-state index is 10.9. The first-order valence-electron chi connectivity index (χ1n) is 10.6. The molecule has 162 valence electrons. The molecule has 0 atom stereocenters. The molecule has 1 aliphatic rings. The third-order valence-corrected chi connectivity index (χ3v) is 6.26. The molecule has 3 aromatic rings. The Morgan fingerprint density at radius 3 is 2.55 bits per heavy atom. The van der Waals surface area contributed by atoms with Crippen molar-refractivity contribution in [3.05, 3.63) is 68.0 Å². The molecule has 0 N–H and O–H groups in total. The first-order valence-corrected chi connectivity index (χ1v) is 11.5. The molecule has 7 nitrogen and oxygen atoms in total. The number of nitro groups is 1. The van der Waals surface area contributed by atoms with E-state index in [-0.39, 0.29) is 11.9 Å². The summed E-state index contributed by atoms with van der Waals surface area (Å²) in [6.45, 7) is 4.03. The SMILES string of the molecule is CC(C)N=c1scc(-c2ccc(C3CCCCC3)cc2)n1N=Cc1ccc([N+](=O)[O-])o1. The van der Waals surface area contributed by atoms with Crippen LogP contribution in [0.25, 0.3) is 11.3 Å². The van der Waals surface area contributed by atoms with Crippen molar-refractivity contribution in [3.8, 4) is 11.3 Å². The van der Waals surface area contributed by atoms with Gasteiger partial charge in [0.05, 0.1) is 18.0 Å². The number of benzene rings is 1. The Morgan fingerprint density at radius 1 is 1.16 bits per heavy atom. The average molecular weight is 439 g/mol. The molecule has 8 heteroatoms. The standard InChI is InChI=1S/C23H26N4O3S/c1-16(2)25-23-26(24-14-20-12-13-22(30-20)27(28)29)21(15-31-23)19-10-8-18(9-11-19)17-6-4-3-5-7-17/h8-17H,3-7H2,1-2H3. The van der Waals surface area contributed by atoms with Crippen LogP contribution in [0.4, 0.5) is 5.88 Å². The lowest BCUT2D eigenvalue weighted by atomic mass is 9.84. The summed E-state index contributed by atoms with van der Waals surface area (Å²) in [5, 5.41) is 17.4. The van der Waals surface area contributed by atoms with Crippen LogP contribution in [0.2, 0.25) is 0 Å². The van der Waals surface area contributed by atoms with E-state index in [2.05, 4.69) is 34.4 Å². The summed E-state index contributed by atoms with van der Waals surface area (Å²) in [5.74, 6) is 0.679. The van der Waals surface area contributed by atoms with E-state index in [1.54, 1.807) is 4.68 Å². The van der Waals surface area contributed by atoms with Gasteiger partial charge in [-0.3, -0.25) is 15.1 Å². The number of thiazole rings is 1. The molecular formula is C23H26N4O3S. The van der Waals surface area contributed by atoms with Crippen LogP contribution >= 0.6 is 11.3 Å². The monoisotopic (exact) mass is 438 g/mol. The molecule has 1 saturated carbocycles. The summed E-state index contributed by atoms with van der Waals surface area (Å²) < 4.78 is 6.98. The lowest BCUT2D eigenvalue weighted by Crippen LogP contribution is -2.14. The van der Waals surface area contributed by atoms with Crippen molar-refractivity contribution in [2.24, 2.45) is 10.1 Å². The number of rotatable bonds is 6. The second-order valence-corrected chi connectivity index (χ2v) is 8.91. The summed E-state index contributed by atoms with van der Waals surface area (Å²) in [6.07, 6.45) is 8.01. The van der Waals surface area contributed by atoms with Crippen molar-refractivity contribution in [3.63, 3.8) is 0 Å². The minimum Gasteiger partial charge on any atom is -0.400 e. The Hall–Kier alpha value is -3.00. The molecule has 0 bridgehead atoms. The molecule has 0 unspecified atom stereocenters. The van der Waals surface area contributed by atoms with Crippen molar-refractivity contribution in [1.82, 2.24) is 4.68 Å². The Kier molecular flexibility index (Phi) is 6.46. The van der Waals surface area contributed by atoms with Gasteiger partial charge < -0.3 is 4.42 Å². The summed E-state index contributed by atoms with van der Waals surface area (Å²) in [4.78, 5) is 15.7. The van der Waals surface area contributed by atoms with Gasteiger partial charge in [0.1, 0.15) is 4.92 Å². The van der Waals surface area contributed by atoms with E-state index in [1.165, 1.54) is 67.4 Å². The molecule has 0 saturated heterocycles. The molecule has 0 amide bonds. The Morgan fingerprint density at radius 2 is 1.90 bits per heavy atom. The van der Waals surface area contributed by atoms with Gasteiger partial charge in [-0.15, -0.1) is 11.3 Å². The lowest BCUT2D eigenvalue weighted by Gasteiger charge is -2.22. The van der Waals surface area contributed by atoms with Gasteiger partial charge in [-0.25, -0.2) is 4.68 Å². The maximum Gasteiger partial charge on any atom is 0.433 e. The highest BCUT2D eigenvalue weighted by atomic mass is 32.1. The molecule has 4 rings (SSSR count). The molecule has 0 aliphatic heterocycles. The molecule has 1 fully saturated rings. The van der Waals surface area contributed by atoms with E-state index in [9.17, 15) is 10.1 Å². The van der Waals surface area contributed by atoms with E-state index in [1.807, 2.05) is 19.2 Å². The van der Waals surface area contributed by atoms with Gasteiger partial charge in [-0.05, 0) is 44.2 Å². The van der Waals surface area contributed by atoms with Crippen molar-refractivity contribution in [2.75, 3.05) is 0 Å². The lowest BCUT2D eigenvalue weighted by molar-refractivity contribution is -0.402. The fourth-order valence-corrected chi connectivity index (χ4v) is 4.88. The Balaban J connectivity index is 1.66.